The van der Waals surface area contributed by atoms with Gasteiger partial charge in [0.25, 0.3) is 0 Å². The molecule has 2 aromatic rings. The minimum atomic E-state index is -1.05. The number of nitrogens with zero attached hydrogens (tertiary/aromatic N) is 3. The number of aromatic amines is 1. The molecule has 0 bridgehead atoms. The number of hydrogen-bond acceptors (Lipinski definition) is 4. The molecule has 13 heavy (non-hydrogen) atoms. The number of pyridine rings is 1. The van der Waals surface area contributed by atoms with E-state index in [0.717, 1.165) is 0 Å². The van der Waals surface area contributed by atoms with Crippen LogP contribution in [0.15, 0.2) is 6.07 Å². The van der Waals surface area contributed by atoms with Crippen LogP contribution in [0.5, 0.6) is 0 Å². The molecule has 0 spiro atoms. The normalized spacial score (nSPS) is 10.5. The van der Waals surface area contributed by atoms with E-state index in [2.05, 4.69) is 20.4 Å². The number of carbonyl (C=O) groups is 1. The molecule has 2 heterocycles. The van der Waals surface area contributed by atoms with Gasteiger partial charge in [-0.2, -0.15) is 10.3 Å². The molecule has 0 saturated carbocycles. The molecule has 2 aromatic heterocycles. The van der Waals surface area contributed by atoms with Crippen molar-refractivity contribution in [2.24, 2.45) is 0 Å². The van der Waals surface area contributed by atoms with Crippen LogP contribution in [0.3, 0.4) is 0 Å². The highest BCUT2D eigenvalue weighted by Crippen LogP contribution is 2.11. The fourth-order valence-electron chi connectivity index (χ4n) is 1.10. The molecular weight excluding hydrogens is 172 g/mol. The maximum absolute atomic E-state index is 10.7. The Kier molecular flexibility index (Phi) is 1.48. The molecule has 0 atom stereocenters. The average molecular weight is 178 g/mol. The Bertz CT molecular complexity index is 476. The SMILES string of the molecule is Cc1cc2n[nH]nc2nc1C(=O)O. The van der Waals surface area contributed by atoms with Crippen LogP contribution in [0.4, 0.5) is 0 Å². The van der Waals surface area contributed by atoms with E-state index in [9.17, 15) is 4.79 Å². The molecule has 0 radical (unpaired) electrons. The number of aryl methyl sites for hydroxylation is 1. The first-order valence-electron chi connectivity index (χ1n) is 3.60. The second kappa shape index (κ2) is 2.51. The smallest absolute Gasteiger partial charge is 0.354 e. The summed E-state index contributed by atoms with van der Waals surface area (Å²) in [6.45, 7) is 1.67. The third kappa shape index (κ3) is 1.12. The molecule has 0 aliphatic rings. The van der Waals surface area contributed by atoms with Gasteiger partial charge in [-0.25, -0.2) is 9.78 Å². The molecule has 2 N–H and O–H groups in total. The molecule has 0 aliphatic heterocycles. The fraction of sp³-hybridized carbons (Fsp3) is 0.143. The van der Waals surface area contributed by atoms with Gasteiger partial charge in [-0.3, -0.25) is 0 Å². The van der Waals surface area contributed by atoms with Crippen molar-refractivity contribution in [2.45, 2.75) is 6.92 Å². The van der Waals surface area contributed by atoms with E-state index in [1.54, 1.807) is 13.0 Å². The van der Waals surface area contributed by atoms with E-state index in [0.29, 0.717) is 16.7 Å². The molecule has 0 amide bonds. The van der Waals surface area contributed by atoms with Gasteiger partial charge in [0.2, 0.25) is 5.65 Å². The maximum atomic E-state index is 10.7. The van der Waals surface area contributed by atoms with Crippen molar-refractivity contribution < 1.29 is 9.90 Å². The third-order valence-electron chi connectivity index (χ3n) is 1.70. The molecule has 0 aliphatic carbocycles. The first-order valence-corrected chi connectivity index (χ1v) is 3.60. The quantitative estimate of drug-likeness (QED) is 0.657. The Morgan fingerprint density at radius 2 is 2.31 bits per heavy atom. The number of carboxylic acids is 1. The summed E-state index contributed by atoms with van der Waals surface area (Å²) in [6, 6.07) is 1.63. The molecule has 66 valence electrons. The van der Waals surface area contributed by atoms with Crippen molar-refractivity contribution in [3.63, 3.8) is 0 Å². The van der Waals surface area contributed by atoms with Crippen LogP contribution in [0.25, 0.3) is 11.2 Å². The molecule has 2 rings (SSSR count). The zero-order chi connectivity index (χ0) is 9.42. The number of carboxylic acid groups (broad SMARTS) is 1. The lowest BCUT2D eigenvalue weighted by Gasteiger charge is -1.96. The Hall–Kier alpha value is -1.98. The number of aromatic nitrogens is 4. The van der Waals surface area contributed by atoms with Crippen LogP contribution in [0.1, 0.15) is 16.1 Å². The summed E-state index contributed by atoms with van der Waals surface area (Å²) in [6.07, 6.45) is 0. The molecule has 0 unspecified atom stereocenters. The van der Waals surface area contributed by atoms with E-state index in [-0.39, 0.29) is 5.69 Å². The second-order valence-electron chi connectivity index (χ2n) is 2.63. The predicted molar refractivity (Wildman–Crippen MR) is 43.4 cm³/mol. The Morgan fingerprint density at radius 3 is 3.00 bits per heavy atom. The molecule has 6 heteroatoms. The zero-order valence-electron chi connectivity index (χ0n) is 6.77. The highest BCUT2D eigenvalue weighted by atomic mass is 16.4. The van der Waals surface area contributed by atoms with Crippen molar-refractivity contribution in [3.8, 4) is 0 Å². The molecule has 0 aromatic carbocycles. The van der Waals surface area contributed by atoms with Gasteiger partial charge in [0, 0.05) is 0 Å². The minimum Gasteiger partial charge on any atom is -0.477 e. The lowest BCUT2D eigenvalue weighted by molar-refractivity contribution is 0.0690. The Morgan fingerprint density at radius 1 is 1.54 bits per heavy atom. The lowest BCUT2D eigenvalue weighted by atomic mass is 10.2. The van der Waals surface area contributed by atoms with Crippen LogP contribution in [0.2, 0.25) is 0 Å². The Balaban J connectivity index is 2.76. The van der Waals surface area contributed by atoms with E-state index in [4.69, 9.17) is 5.11 Å². The molecule has 6 nitrogen and oxygen atoms in total. The van der Waals surface area contributed by atoms with Gasteiger partial charge in [0.1, 0.15) is 5.52 Å². The number of fused-ring (bicyclic) bond motifs is 1. The highest BCUT2D eigenvalue weighted by molar-refractivity contribution is 5.89. The van der Waals surface area contributed by atoms with Gasteiger partial charge < -0.3 is 5.11 Å². The molecule has 0 saturated heterocycles. The summed E-state index contributed by atoms with van der Waals surface area (Å²) >= 11 is 0. The van der Waals surface area contributed by atoms with Gasteiger partial charge in [-0.15, -0.1) is 5.10 Å². The summed E-state index contributed by atoms with van der Waals surface area (Å²) in [5, 5.41) is 18.6. The number of H-pyrrole nitrogens is 1. The summed E-state index contributed by atoms with van der Waals surface area (Å²) in [7, 11) is 0. The first-order chi connectivity index (χ1) is 6.18. The van der Waals surface area contributed by atoms with Crippen molar-refractivity contribution >= 4 is 17.1 Å². The van der Waals surface area contributed by atoms with Crippen molar-refractivity contribution in [3.05, 3.63) is 17.3 Å². The highest BCUT2D eigenvalue weighted by Gasteiger charge is 2.11. The van der Waals surface area contributed by atoms with E-state index in [1.165, 1.54) is 0 Å². The minimum absolute atomic E-state index is 0.0152. The summed E-state index contributed by atoms with van der Waals surface area (Å²) in [4.78, 5) is 14.5. The fourth-order valence-corrected chi connectivity index (χ4v) is 1.10. The van der Waals surface area contributed by atoms with Gasteiger partial charge in [-0.05, 0) is 18.6 Å². The Labute approximate surface area is 72.6 Å². The van der Waals surface area contributed by atoms with Crippen molar-refractivity contribution in [2.75, 3.05) is 0 Å². The lowest BCUT2D eigenvalue weighted by Crippen LogP contribution is -2.03. The number of hydrogen-bond donors (Lipinski definition) is 2. The van der Waals surface area contributed by atoms with Gasteiger partial charge in [0.05, 0.1) is 0 Å². The summed E-state index contributed by atoms with van der Waals surface area (Å²) in [5.41, 5.74) is 1.49. The van der Waals surface area contributed by atoms with Crippen LogP contribution in [-0.2, 0) is 0 Å². The van der Waals surface area contributed by atoms with E-state index in [1.807, 2.05) is 0 Å². The van der Waals surface area contributed by atoms with Crippen molar-refractivity contribution in [1.82, 2.24) is 20.4 Å². The van der Waals surface area contributed by atoms with Gasteiger partial charge in [-0.1, -0.05) is 0 Å². The monoisotopic (exact) mass is 178 g/mol. The average Bonchev–Trinajstić information content (AvgIpc) is 2.48. The first kappa shape index (κ1) is 7.66. The third-order valence-corrected chi connectivity index (χ3v) is 1.70. The topological polar surface area (TPSA) is 91.8 Å². The zero-order valence-corrected chi connectivity index (χ0v) is 6.77. The van der Waals surface area contributed by atoms with Crippen LogP contribution in [-0.4, -0.2) is 31.5 Å². The standard InChI is InChI=1S/C7H6N4O2/c1-3-2-4-6(10-11-9-4)8-5(3)7(12)13/h2H,1H3,(H,12,13)(H,8,9,10,11). The second-order valence-corrected chi connectivity index (χ2v) is 2.63. The van der Waals surface area contributed by atoms with Crippen molar-refractivity contribution in [1.29, 1.82) is 0 Å². The largest absolute Gasteiger partial charge is 0.477 e. The van der Waals surface area contributed by atoms with E-state index < -0.39 is 5.97 Å². The molecular formula is C7H6N4O2. The number of aromatic carboxylic acids is 1. The predicted octanol–water partition coefficient (Wildman–Crippen LogP) is 0.360. The number of nitrogens with one attached hydrogen (secondary N) is 1. The van der Waals surface area contributed by atoms with Crippen LogP contribution < -0.4 is 0 Å². The number of rotatable bonds is 1. The summed E-state index contributed by atoms with van der Waals surface area (Å²) < 4.78 is 0. The van der Waals surface area contributed by atoms with Gasteiger partial charge in [0.15, 0.2) is 5.69 Å². The van der Waals surface area contributed by atoms with Gasteiger partial charge >= 0.3 is 5.97 Å². The molecule has 0 fully saturated rings. The maximum Gasteiger partial charge on any atom is 0.354 e. The van der Waals surface area contributed by atoms with Crippen LogP contribution in [0, 0.1) is 6.92 Å². The van der Waals surface area contributed by atoms with Crippen LogP contribution >= 0.6 is 0 Å². The summed E-state index contributed by atoms with van der Waals surface area (Å²) in [5.74, 6) is -1.05. The van der Waals surface area contributed by atoms with E-state index >= 15 is 0 Å².